The van der Waals surface area contributed by atoms with Gasteiger partial charge in [-0.15, -0.1) is 11.3 Å². The van der Waals surface area contributed by atoms with Crippen LogP contribution < -0.4 is 5.32 Å². The van der Waals surface area contributed by atoms with Gasteiger partial charge in [0.15, 0.2) is 0 Å². The maximum absolute atomic E-state index is 4.12. The van der Waals surface area contributed by atoms with Gasteiger partial charge >= 0.3 is 0 Å². The lowest BCUT2D eigenvalue weighted by Gasteiger charge is -2.14. The average Bonchev–Trinajstić information content (AvgIpc) is 2.72. The van der Waals surface area contributed by atoms with Crippen LogP contribution in [0.3, 0.4) is 0 Å². The fraction of sp³-hybridized carbons (Fsp3) is 0.250. The van der Waals surface area contributed by atoms with Gasteiger partial charge in [-0.2, -0.15) is 0 Å². The number of thiazole rings is 1. The predicted octanol–water partition coefficient (Wildman–Crippen LogP) is 2.76. The van der Waals surface area contributed by atoms with E-state index in [0.717, 1.165) is 0 Å². The molecule has 1 atom stereocenters. The molecule has 2 aromatic rings. The third-order valence-electron chi connectivity index (χ3n) is 2.40. The molecule has 1 N–H and O–H groups in total. The van der Waals surface area contributed by atoms with Gasteiger partial charge in [-0.25, -0.2) is 0 Å². The Kier molecular flexibility index (Phi) is 3.14. The van der Waals surface area contributed by atoms with Crippen LogP contribution in [0.15, 0.2) is 36.0 Å². The fourth-order valence-corrected chi connectivity index (χ4v) is 2.45. The zero-order valence-corrected chi connectivity index (χ0v) is 9.71. The minimum absolute atomic E-state index is 0.261. The Morgan fingerprint density at radius 3 is 2.87 bits per heavy atom. The molecule has 1 aromatic carbocycles. The topological polar surface area (TPSA) is 24.9 Å². The van der Waals surface area contributed by atoms with Crippen molar-refractivity contribution in [1.29, 1.82) is 0 Å². The minimum atomic E-state index is 0.261. The molecule has 0 amide bonds. The second-order valence-corrected chi connectivity index (χ2v) is 4.46. The van der Waals surface area contributed by atoms with Crippen LogP contribution in [-0.2, 0) is 0 Å². The van der Waals surface area contributed by atoms with Gasteiger partial charge in [-0.05, 0) is 19.5 Å². The summed E-state index contributed by atoms with van der Waals surface area (Å²) in [4.78, 5) is 5.37. The van der Waals surface area contributed by atoms with Crippen molar-refractivity contribution in [2.45, 2.75) is 13.0 Å². The third-order valence-corrected chi connectivity index (χ3v) is 3.24. The number of hydrogen-bond donors (Lipinski definition) is 1. The summed E-state index contributed by atoms with van der Waals surface area (Å²) in [6, 6.07) is 8.82. The summed E-state index contributed by atoms with van der Waals surface area (Å²) in [5.74, 6) is 0. The minimum Gasteiger partial charge on any atom is -0.309 e. The average molecular weight is 218 g/mol. The first-order valence-electron chi connectivity index (χ1n) is 4.93. The number of benzene rings is 1. The first-order valence-corrected chi connectivity index (χ1v) is 5.81. The summed E-state index contributed by atoms with van der Waals surface area (Å²) >= 11 is 1.68. The van der Waals surface area contributed by atoms with E-state index < -0.39 is 0 Å². The molecule has 0 saturated heterocycles. The van der Waals surface area contributed by atoms with E-state index in [1.807, 2.05) is 18.8 Å². The van der Waals surface area contributed by atoms with Crippen molar-refractivity contribution >= 4 is 11.3 Å². The standard InChI is InChI=1S/C12H14N2S/c1-9-4-3-5-10(6-9)12(13-2)11-7-14-8-15-11/h3-8,12-13H,1-2H3. The number of aryl methyl sites for hydroxylation is 1. The zero-order valence-electron chi connectivity index (χ0n) is 8.90. The van der Waals surface area contributed by atoms with E-state index in [0.29, 0.717) is 0 Å². The molecule has 78 valence electrons. The summed E-state index contributed by atoms with van der Waals surface area (Å²) in [7, 11) is 1.98. The first kappa shape index (κ1) is 10.3. The second-order valence-electron chi connectivity index (χ2n) is 3.54. The molecule has 1 heterocycles. The Hall–Kier alpha value is -1.19. The summed E-state index contributed by atoms with van der Waals surface area (Å²) in [5, 5.41) is 3.32. The Labute approximate surface area is 94.0 Å². The van der Waals surface area contributed by atoms with Crippen LogP contribution in [-0.4, -0.2) is 12.0 Å². The number of hydrogen-bond acceptors (Lipinski definition) is 3. The fourth-order valence-electron chi connectivity index (χ4n) is 1.69. The number of rotatable bonds is 3. The van der Waals surface area contributed by atoms with Crippen LogP contribution in [0.4, 0.5) is 0 Å². The Balaban J connectivity index is 2.35. The van der Waals surface area contributed by atoms with Gasteiger partial charge in [0.05, 0.1) is 11.6 Å². The molecule has 0 spiro atoms. The lowest BCUT2D eigenvalue weighted by Crippen LogP contribution is -2.16. The largest absolute Gasteiger partial charge is 0.309 e. The van der Waals surface area contributed by atoms with Crippen LogP contribution in [0, 0.1) is 6.92 Å². The monoisotopic (exact) mass is 218 g/mol. The Morgan fingerprint density at radius 2 is 2.27 bits per heavy atom. The highest BCUT2D eigenvalue weighted by atomic mass is 32.1. The maximum Gasteiger partial charge on any atom is 0.0794 e. The SMILES string of the molecule is CNC(c1cccc(C)c1)c1cncs1. The molecule has 0 bridgehead atoms. The molecule has 0 fully saturated rings. The van der Waals surface area contributed by atoms with Crippen LogP contribution in [0.5, 0.6) is 0 Å². The van der Waals surface area contributed by atoms with Crippen molar-refractivity contribution in [3.05, 3.63) is 52.0 Å². The van der Waals surface area contributed by atoms with E-state index in [1.165, 1.54) is 16.0 Å². The van der Waals surface area contributed by atoms with E-state index >= 15 is 0 Å². The molecule has 2 nitrogen and oxygen atoms in total. The Morgan fingerprint density at radius 1 is 1.40 bits per heavy atom. The van der Waals surface area contributed by atoms with Crippen molar-refractivity contribution in [2.24, 2.45) is 0 Å². The van der Waals surface area contributed by atoms with Gasteiger partial charge in [-0.1, -0.05) is 29.8 Å². The van der Waals surface area contributed by atoms with Crippen LogP contribution >= 0.6 is 11.3 Å². The molecule has 0 aliphatic heterocycles. The molecule has 0 saturated carbocycles. The molecule has 0 aliphatic carbocycles. The summed E-state index contributed by atoms with van der Waals surface area (Å²) < 4.78 is 0. The molecule has 2 rings (SSSR count). The smallest absolute Gasteiger partial charge is 0.0794 e. The lowest BCUT2D eigenvalue weighted by molar-refractivity contribution is 0.702. The van der Waals surface area contributed by atoms with E-state index in [1.54, 1.807) is 11.3 Å². The highest BCUT2D eigenvalue weighted by Gasteiger charge is 2.12. The molecule has 3 heteroatoms. The molecule has 0 aliphatic rings. The normalized spacial score (nSPS) is 12.7. The summed E-state index contributed by atoms with van der Waals surface area (Å²) in [6.07, 6.45) is 1.92. The maximum atomic E-state index is 4.12. The van der Waals surface area contributed by atoms with Gasteiger partial charge in [0.25, 0.3) is 0 Å². The summed E-state index contributed by atoms with van der Waals surface area (Å²) in [6.45, 7) is 2.11. The quantitative estimate of drug-likeness (QED) is 0.857. The second kappa shape index (κ2) is 4.55. The molecular formula is C12H14N2S. The molecule has 0 radical (unpaired) electrons. The highest BCUT2D eigenvalue weighted by Crippen LogP contribution is 2.24. The molecular weight excluding hydrogens is 204 g/mol. The number of nitrogens with one attached hydrogen (secondary N) is 1. The molecule has 15 heavy (non-hydrogen) atoms. The van der Waals surface area contributed by atoms with Crippen molar-refractivity contribution in [1.82, 2.24) is 10.3 Å². The van der Waals surface area contributed by atoms with E-state index in [4.69, 9.17) is 0 Å². The molecule has 1 unspecified atom stereocenters. The van der Waals surface area contributed by atoms with Gasteiger partial charge < -0.3 is 5.32 Å². The number of aromatic nitrogens is 1. The van der Waals surface area contributed by atoms with Crippen molar-refractivity contribution in [2.75, 3.05) is 7.05 Å². The van der Waals surface area contributed by atoms with E-state index in [-0.39, 0.29) is 6.04 Å². The zero-order chi connectivity index (χ0) is 10.7. The van der Waals surface area contributed by atoms with Gasteiger partial charge in [0.2, 0.25) is 0 Å². The third kappa shape index (κ3) is 2.25. The Bertz CT molecular complexity index is 423. The predicted molar refractivity (Wildman–Crippen MR) is 64.2 cm³/mol. The van der Waals surface area contributed by atoms with Gasteiger partial charge in [0, 0.05) is 11.1 Å². The first-order chi connectivity index (χ1) is 7.31. The van der Waals surface area contributed by atoms with Crippen LogP contribution in [0.2, 0.25) is 0 Å². The van der Waals surface area contributed by atoms with E-state index in [9.17, 15) is 0 Å². The summed E-state index contributed by atoms with van der Waals surface area (Å²) in [5.41, 5.74) is 4.45. The van der Waals surface area contributed by atoms with Crippen LogP contribution in [0.25, 0.3) is 0 Å². The highest BCUT2D eigenvalue weighted by molar-refractivity contribution is 7.09. The van der Waals surface area contributed by atoms with Crippen molar-refractivity contribution in [3.8, 4) is 0 Å². The van der Waals surface area contributed by atoms with Gasteiger partial charge in [0.1, 0.15) is 0 Å². The van der Waals surface area contributed by atoms with Crippen LogP contribution in [0.1, 0.15) is 22.0 Å². The van der Waals surface area contributed by atoms with Crippen molar-refractivity contribution < 1.29 is 0 Å². The molecule has 1 aromatic heterocycles. The van der Waals surface area contributed by atoms with Gasteiger partial charge in [-0.3, -0.25) is 4.98 Å². The van der Waals surface area contributed by atoms with E-state index in [2.05, 4.69) is 41.5 Å². The van der Waals surface area contributed by atoms with Crippen molar-refractivity contribution in [3.63, 3.8) is 0 Å². The lowest BCUT2D eigenvalue weighted by atomic mass is 10.0. The number of nitrogens with zero attached hydrogens (tertiary/aromatic N) is 1.